The van der Waals surface area contributed by atoms with Crippen molar-refractivity contribution >= 4 is 5.91 Å². The van der Waals surface area contributed by atoms with Gasteiger partial charge in [0, 0.05) is 0 Å². The van der Waals surface area contributed by atoms with Gasteiger partial charge in [-0.2, -0.15) is 5.21 Å². The smallest absolute Gasteiger partial charge is 0.254 e. The van der Waals surface area contributed by atoms with Gasteiger partial charge in [0.2, 0.25) is 0 Å². The molecule has 0 aliphatic heterocycles. The summed E-state index contributed by atoms with van der Waals surface area (Å²) in [7, 11) is 0. The molecule has 2 rings (SSSR count). The molecule has 1 aromatic carbocycles. The van der Waals surface area contributed by atoms with Crippen molar-refractivity contribution in [1.29, 1.82) is 0 Å². The topological polar surface area (TPSA) is 83.6 Å². The van der Waals surface area contributed by atoms with Gasteiger partial charge in [0.15, 0.2) is 23.3 Å². The SMILES string of the molecule is O=C(NCc1nn[nH]n1)c1ccc(F)c(F)c1F. The first-order valence-electron chi connectivity index (χ1n) is 4.73. The number of nitrogens with one attached hydrogen (secondary N) is 2. The zero-order chi connectivity index (χ0) is 13.1. The molecule has 0 bridgehead atoms. The maximum Gasteiger partial charge on any atom is 0.254 e. The number of tetrazole rings is 1. The van der Waals surface area contributed by atoms with E-state index in [-0.39, 0.29) is 12.4 Å². The van der Waals surface area contributed by atoms with Gasteiger partial charge in [-0.15, -0.1) is 10.2 Å². The molecule has 1 aromatic heterocycles. The first kappa shape index (κ1) is 12.0. The lowest BCUT2D eigenvalue weighted by Crippen LogP contribution is -2.25. The number of hydrogen-bond donors (Lipinski definition) is 2. The molecule has 0 spiro atoms. The van der Waals surface area contributed by atoms with E-state index in [0.29, 0.717) is 6.07 Å². The lowest BCUT2D eigenvalue weighted by molar-refractivity contribution is 0.0944. The summed E-state index contributed by atoms with van der Waals surface area (Å²) >= 11 is 0. The van der Waals surface area contributed by atoms with Crippen LogP contribution in [0.3, 0.4) is 0 Å². The number of nitrogens with zero attached hydrogens (tertiary/aromatic N) is 3. The van der Waals surface area contributed by atoms with Crippen LogP contribution in [0.4, 0.5) is 13.2 Å². The van der Waals surface area contributed by atoms with Gasteiger partial charge in [-0.25, -0.2) is 13.2 Å². The largest absolute Gasteiger partial charge is 0.344 e. The fraction of sp³-hybridized carbons (Fsp3) is 0.111. The highest BCUT2D eigenvalue weighted by atomic mass is 19.2. The van der Waals surface area contributed by atoms with E-state index in [1.807, 2.05) is 0 Å². The van der Waals surface area contributed by atoms with Gasteiger partial charge >= 0.3 is 0 Å². The second-order valence-electron chi connectivity index (χ2n) is 3.23. The Bertz CT molecular complexity index is 572. The van der Waals surface area contributed by atoms with E-state index in [9.17, 15) is 18.0 Å². The highest BCUT2D eigenvalue weighted by molar-refractivity contribution is 5.94. The van der Waals surface area contributed by atoms with Gasteiger partial charge in [-0.1, -0.05) is 5.21 Å². The van der Waals surface area contributed by atoms with E-state index in [2.05, 4.69) is 25.9 Å². The molecule has 0 aliphatic rings. The zero-order valence-corrected chi connectivity index (χ0v) is 8.75. The minimum Gasteiger partial charge on any atom is -0.344 e. The van der Waals surface area contributed by atoms with Gasteiger partial charge < -0.3 is 5.32 Å². The van der Waals surface area contributed by atoms with Crippen molar-refractivity contribution in [2.45, 2.75) is 6.54 Å². The van der Waals surface area contributed by atoms with E-state index >= 15 is 0 Å². The molecule has 1 heterocycles. The summed E-state index contributed by atoms with van der Waals surface area (Å²) in [4.78, 5) is 11.5. The standard InChI is InChI=1S/C9H6F3N5O/c10-5-2-1-4(7(11)8(5)12)9(18)13-3-6-14-16-17-15-6/h1-2H,3H2,(H,13,18)(H,14,15,16,17). The van der Waals surface area contributed by atoms with Gasteiger partial charge in [0.25, 0.3) is 5.91 Å². The molecule has 0 unspecified atom stereocenters. The monoisotopic (exact) mass is 257 g/mol. The summed E-state index contributed by atoms with van der Waals surface area (Å²) in [6.07, 6.45) is 0. The molecule has 18 heavy (non-hydrogen) atoms. The Morgan fingerprint density at radius 3 is 2.72 bits per heavy atom. The van der Waals surface area contributed by atoms with Crippen molar-refractivity contribution in [3.63, 3.8) is 0 Å². The molecular formula is C9H6F3N5O. The quantitative estimate of drug-likeness (QED) is 0.786. The number of carbonyl (C=O) groups is 1. The Kier molecular flexibility index (Phi) is 3.22. The molecule has 94 valence electrons. The Morgan fingerprint density at radius 2 is 2.06 bits per heavy atom. The van der Waals surface area contributed by atoms with Crippen molar-refractivity contribution in [1.82, 2.24) is 25.9 Å². The lowest BCUT2D eigenvalue weighted by Gasteiger charge is -2.04. The maximum atomic E-state index is 13.3. The molecule has 0 aliphatic carbocycles. The number of halogens is 3. The van der Waals surface area contributed by atoms with Crippen LogP contribution in [-0.2, 0) is 6.54 Å². The Morgan fingerprint density at radius 1 is 1.28 bits per heavy atom. The van der Waals surface area contributed by atoms with E-state index < -0.39 is 28.9 Å². The van der Waals surface area contributed by atoms with Crippen LogP contribution in [0.5, 0.6) is 0 Å². The molecule has 0 atom stereocenters. The summed E-state index contributed by atoms with van der Waals surface area (Å²) in [5.41, 5.74) is -0.600. The van der Waals surface area contributed by atoms with Crippen LogP contribution in [0.25, 0.3) is 0 Å². The highest BCUT2D eigenvalue weighted by Gasteiger charge is 2.18. The third kappa shape index (κ3) is 2.29. The summed E-state index contributed by atoms with van der Waals surface area (Å²) in [5, 5.41) is 14.7. The van der Waals surface area contributed by atoms with Crippen molar-refractivity contribution in [2.24, 2.45) is 0 Å². The van der Waals surface area contributed by atoms with Crippen LogP contribution in [0.15, 0.2) is 12.1 Å². The molecule has 9 heteroatoms. The number of amides is 1. The fourth-order valence-corrected chi connectivity index (χ4v) is 1.21. The fourth-order valence-electron chi connectivity index (χ4n) is 1.21. The predicted molar refractivity (Wildman–Crippen MR) is 51.7 cm³/mol. The lowest BCUT2D eigenvalue weighted by atomic mass is 10.2. The molecule has 0 radical (unpaired) electrons. The number of rotatable bonds is 3. The van der Waals surface area contributed by atoms with Crippen LogP contribution in [0.2, 0.25) is 0 Å². The van der Waals surface area contributed by atoms with Crippen molar-refractivity contribution in [2.75, 3.05) is 0 Å². The number of hydrogen-bond acceptors (Lipinski definition) is 4. The van der Waals surface area contributed by atoms with Crippen LogP contribution in [0, 0.1) is 17.5 Å². The summed E-state index contributed by atoms with van der Waals surface area (Å²) in [6, 6.07) is 1.51. The third-order valence-corrected chi connectivity index (χ3v) is 2.08. The Balaban J connectivity index is 2.12. The number of aromatic amines is 1. The van der Waals surface area contributed by atoms with Gasteiger partial charge in [-0.05, 0) is 12.1 Å². The molecular weight excluding hydrogens is 251 g/mol. The van der Waals surface area contributed by atoms with E-state index in [0.717, 1.165) is 6.07 Å². The molecule has 1 amide bonds. The van der Waals surface area contributed by atoms with Gasteiger partial charge in [0.1, 0.15) is 0 Å². The summed E-state index contributed by atoms with van der Waals surface area (Å²) in [6.45, 7) is -0.117. The highest BCUT2D eigenvalue weighted by Crippen LogP contribution is 2.14. The second-order valence-corrected chi connectivity index (χ2v) is 3.23. The van der Waals surface area contributed by atoms with E-state index in [1.165, 1.54) is 0 Å². The van der Waals surface area contributed by atoms with Crippen molar-refractivity contribution < 1.29 is 18.0 Å². The molecule has 0 saturated carbocycles. The normalized spacial score (nSPS) is 10.4. The van der Waals surface area contributed by atoms with Gasteiger partial charge in [-0.3, -0.25) is 4.79 Å². The van der Waals surface area contributed by atoms with Crippen molar-refractivity contribution in [3.05, 3.63) is 41.0 Å². The summed E-state index contributed by atoms with van der Waals surface area (Å²) in [5.74, 6) is -5.33. The van der Waals surface area contributed by atoms with Crippen LogP contribution in [0.1, 0.15) is 16.2 Å². The predicted octanol–water partition coefficient (Wildman–Crippen LogP) is 0.547. The Hall–Kier alpha value is -2.45. The van der Waals surface area contributed by atoms with Crippen molar-refractivity contribution in [3.8, 4) is 0 Å². The summed E-state index contributed by atoms with van der Waals surface area (Å²) < 4.78 is 38.8. The average molecular weight is 257 g/mol. The molecule has 6 nitrogen and oxygen atoms in total. The molecule has 0 fully saturated rings. The first-order valence-corrected chi connectivity index (χ1v) is 4.73. The number of aromatic nitrogens is 4. The Labute approximate surface area is 98.2 Å². The van der Waals surface area contributed by atoms with Crippen LogP contribution < -0.4 is 5.32 Å². The minimum atomic E-state index is -1.69. The van der Waals surface area contributed by atoms with E-state index in [4.69, 9.17) is 0 Å². The first-order chi connectivity index (χ1) is 8.59. The molecule has 2 aromatic rings. The average Bonchev–Trinajstić information content (AvgIpc) is 2.86. The van der Waals surface area contributed by atoms with Gasteiger partial charge in [0.05, 0.1) is 12.1 Å². The van der Waals surface area contributed by atoms with E-state index in [1.54, 1.807) is 0 Å². The molecule has 2 N–H and O–H groups in total. The van der Waals surface area contributed by atoms with Crippen LogP contribution in [-0.4, -0.2) is 26.5 Å². The number of H-pyrrole nitrogens is 1. The number of carbonyl (C=O) groups excluding carboxylic acids is 1. The van der Waals surface area contributed by atoms with Crippen LogP contribution >= 0.6 is 0 Å². The third-order valence-electron chi connectivity index (χ3n) is 2.08. The molecule has 0 saturated heterocycles. The number of benzene rings is 1. The zero-order valence-electron chi connectivity index (χ0n) is 8.75. The second kappa shape index (κ2) is 4.82. The maximum absolute atomic E-state index is 13.3. The minimum absolute atomic E-state index is 0.117.